The second kappa shape index (κ2) is 21.7. The number of allylic oxidation sites excluding steroid dienone is 2. The van der Waals surface area contributed by atoms with Gasteiger partial charge in [0.2, 0.25) is 0 Å². The van der Waals surface area contributed by atoms with Crippen molar-refractivity contribution in [2.75, 3.05) is 13.2 Å². The van der Waals surface area contributed by atoms with Gasteiger partial charge in [-0.2, -0.15) is 0 Å². The zero-order valence-electron chi connectivity index (χ0n) is 16.3. The molecular formula is C22H44O. The molecule has 0 fully saturated rings. The fraction of sp³-hybridized carbons (Fsp3) is 0.909. The lowest BCUT2D eigenvalue weighted by atomic mass is 10.1. The molecule has 0 aromatic heterocycles. The van der Waals surface area contributed by atoms with Crippen molar-refractivity contribution in [3.8, 4) is 0 Å². The van der Waals surface area contributed by atoms with E-state index in [2.05, 4.69) is 26.0 Å². The predicted octanol–water partition coefficient (Wildman–Crippen LogP) is 7.84. The highest BCUT2D eigenvalue weighted by molar-refractivity contribution is 4.81. The summed E-state index contributed by atoms with van der Waals surface area (Å²) in [6, 6.07) is 0. The molecule has 0 spiro atoms. The molecule has 0 atom stereocenters. The maximum absolute atomic E-state index is 5.50. The molecule has 0 saturated heterocycles. The number of rotatable bonds is 19. The van der Waals surface area contributed by atoms with E-state index >= 15 is 0 Å². The van der Waals surface area contributed by atoms with Crippen LogP contribution in [0.3, 0.4) is 0 Å². The first-order valence-electron chi connectivity index (χ1n) is 10.6. The Balaban J connectivity index is 3.03. The molecule has 138 valence electrons. The largest absolute Gasteiger partial charge is 0.381 e. The average molecular weight is 325 g/mol. The summed E-state index contributed by atoms with van der Waals surface area (Å²) >= 11 is 0. The van der Waals surface area contributed by atoms with Gasteiger partial charge in [0.1, 0.15) is 0 Å². The number of hydrogen-bond donors (Lipinski definition) is 0. The van der Waals surface area contributed by atoms with Crippen LogP contribution in [-0.4, -0.2) is 13.2 Å². The fourth-order valence-corrected chi connectivity index (χ4v) is 2.87. The Morgan fingerprint density at radius 3 is 1.48 bits per heavy atom. The van der Waals surface area contributed by atoms with Gasteiger partial charge in [0.15, 0.2) is 0 Å². The molecule has 0 saturated carbocycles. The van der Waals surface area contributed by atoms with E-state index in [9.17, 15) is 0 Å². The van der Waals surface area contributed by atoms with Crippen molar-refractivity contribution < 1.29 is 4.74 Å². The molecule has 0 amide bonds. The molecule has 0 unspecified atom stereocenters. The van der Waals surface area contributed by atoms with Crippen molar-refractivity contribution in [3.05, 3.63) is 12.2 Å². The number of ether oxygens (including phenoxy) is 1. The smallest absolute Gasteiger partial charge is 0.0466 e. The van der Waals surface area contributed by atoms with Gasteiger partial charge in [0.25, 0.3) is 0 Å². The van der Waals surface area contributed by atoms with Gasteiger partial charge >= 0.3 is 0 Å². The van der Waals surface area contributed by atoms with Crippen molar-refractivity contribution in [2.45, 2.75) is 117 Å². The summed E-state index contributed by atoms with van der Waals surface area (Å²) in [5.41, 5.74) is 0. The number of unbranched alkanes of at least 4 members (excludes halogenated alkanes) is 13. The third kappa shape index (κ3) is 21.7. The Kier molecular flexibility index (Phi) is 21.4. The SMILES string of the molecule is CCCCCCCCC/C=C\CCCCCCCCOCCC. The lowest BCUT2D eigenvalue weighted by Gasteiger charge is -2.02. The van der Waals surface area contributed by atoms with Crippen molar-refractivity contribution in [1.29, 1.82) is 0 Å². The van der Waals surface area contributed by atoms with Gasteiger partial charge in [-0.25, -0.2) is 0 Å². The van der Waals surface area contributed by atoms with E-state index in [-0.39, 0.29) is 0 Å². The summed E-state index contributed by atoms with van der Waals surface area (Å²) < 4.78 is 5.50. The maximum atomic E-state index is 5.50. The molecule has 0 aromatic rings. The minimum atomic E-state index is 0.936. The van der Waals surface area contributed by atoms with Crippen LogP contribution in [0.4, 0.5) is 0 Å². The van der Waals surface area contributed by atoms with E-state index in [4.69, 9.17) is 4.74 Å². The highest BCUT2D eigenvalue weighted by Gasteiger charge is 1.92. The molecule has 0 rings (SSSR count). The van der Waals surface area contributed by atoms with E-state index in [1.165, 1.54) is 96.3 Å². The van der Waals surface area contributed by atoms with E-state index < -0.39 is 0 Å². The van der Waals surface area contributed by atoms with Crippen LogP contribution in [0, 0.1) is 0 Å². The molecule has 1 nitrogen and oxygen atoms in total. The first-order chi connectivity index (χ1) is 11.4. The molecule has 23 heavy (non-hydrogen) atoms. The third-order valence-electron chi connectivity index (χ3n) is 4.40. The van der Waals surface area contributed by atoms with Crippen LogP contribution in [0.25, 0.3) is 0 Å². The Bertz CT molecular complexity index is 222. The van der Waals surface area contributed by atoms with Crippen LogP contribution >= 0.6 is 0 Å². The van der Waals surface area contributed by atoms with E-state index in [1.54, 1.807) is 0 Å². The minimum Gasteiger partial charge on any atom is -0.381 e. The van der Waals surface area contributed by atoms with Crippen LogP contribution in [0.5, 0.6) is 0 Å². The fourth-order valence-electron chi connectivity index (χ4n) is 2.87. The van der Waals surface area contributed by atoms with Crippen LogP contribution in [0.15, 0.2) is 12.2 Å². The molecule has 0 radical (unpaired) electrons. The van der Waals surface area contributed by atoms with Gasteiger partial charge in [-0.05, 0) is 38.5 Å². The Morgan fingerprint density at radius 2 is 0.957 bits per heavy atom. The van der Waals surface area contributed by atoms with Gasteiger partial charge in [-0.1, -0.05) is 90.2 Å². The molecular weight excluding hydrogens is 280 g/mol. The number of hydrogen-bond acceptors (Lipinski definition) is 1. The van der Waals surface area contributed by atoms with E-state index in [0.717, 1.165) is 19.6 Å². The van der Waals surface area contributed by atoms with Gasteiger partial charge in [-0.15, -0.1) is 0 Å². The standard InChI is InChI=1S/C22H44O/c1-3-5-6-7-8-9-10-11-12-13-14-15-16-17-18-19-20-22-23-21-4-2/h12-13H,3-11,14-22H2,1-2H3/b13-12-. The lowest BCUT2D eigenvalue weighted by Crippen LogP contribution is -1.95. The van der Waals surface area contributed by atoms with Crippen LogP contribution in [0.1, 0.15) is 117 Å². The van der Waals surface area contributed by atoms with Crippen molar-refractivity contribution in [3.63, 3.8) is 0 Å². The summed E-state index contributed by atoms with van der Waals surface area (Å²) in [5.74, 6) is 0. The molecule has 0 aliphatic carbocycles. The van der Waals surface area contributed by atoms with E-state index in [1.807, 2.05) is 0 Å². The lowest BCUT2D eigenvalue weighted by molar-refractivity contribution is 0.130. The van der Waals surface area contributed by atoms with Gasteiger partial charge in [-0.3, -0.25) is 0 Å². The first kappa shape index (κ1) is 22.7. The van der Waals surface area contributed by atoms with E-state index in [0.29, 0.717) is 0 Å². The summed E-state index contributed by atoms with van der Waals surface area (Å²) in [6.45, 7) is 6.36. The highest BCUT2D eigenvalue weighted by atomic mass is 16.5. The molecule has 0 bridgehead atoms. The zero-order chi connectivity index (χ0) is 16.8. The molecule has 1 heteroatoms. The Labute approximate surface area is 147 Å². The summed E-state index contributed by atoms with van der Waals surface area (Å²) in [7, 11) is 0. The normalized spacial score (nSPS) is 11.6. The Morgan fingerprint density at radius 1 is 0.478 bits per heavy atom. The quantitative estimate of drug-likeness (QED) is 0.174. The molecule has 0 heterocycles. The van der Waals surface area contributed by atoms with Gasteiger partial charge in [0, 0.05) is 13.2 Å². The second-order valence-corrected chi connectivity index (χ2v) is 6.90. The molecule has 0 aliphatic heterocycles. The van der Waals surface area contributed by atoms with Crippen LogP contribution in [0.2, 0.25) is 0 Å². The first-order valence-corrected chi connectivity index (χ1v) is 10.6. The third-order valence-corrected chi connectivity index (χ3v) is 4.40. The predicted molar refractivity (Wildman–Crippen MR) is 105 cm³/mol. The maximum Gasteiger partial charge on any atom is 0.0466 e. The topological polar surface area (TPSA) is 9.23 Å². The Hall–Kier alpha value is -0.300. The van der Waals surface area contributed by atoms with Crippen molar-refractivity contribution in [2.24, 2.45) is 0 Å². The molecule has 0 aliphatic rings. The summed E-state index contributed by atoms with van der Waals surface area (Å²) in [4.78, 5) is 0. The van der Waals surface area contributed by atoms with Crippen LogP contribution < -0.4 is 0 Å². The monoisotopic (exact) mass is 324 g/mol. The van der Waals surface area contributed by atoms with Gasteiger partial charge < -0.3 is 4.74 Å². The summed E-state index contributed by atoms with van der Waals surface area (Å²) in [6.07, 6.45) is 26.6. The molecule has 0 aromatic carbocycles. The van der Waals surface area contributed by atoms with Crippen LogP contribution in [-0.2, 0) is 4.74 Å². The minimum absolute atomic E-state index is 0.936. The summed E-state index contributed by atoms with van der Waals surface area (Å²) in [5, 5.41) is 0. The van der Waals surface area contributed by atoms with Crippen molar-refractivity contribution in [1.82, 2.24) is 0 Å². The zero-order valence-corrected chi connectivity index (χ0v) is 16.3. The molecule has 0 N–H and O–H groups in total. The second-order valence-electron chi connectivity index (χ2n) is 6.90. The van der Waals surface area contributed by atoms with Gasteiger partial charge in [0.05, 0.1) is 0 Å². The van der Waals surface area contributed by atoms with Crippen molar-refractivity contribution >= 4 is 0 Å². The average Bonchev–Trinajstić information content (AvgIpc) is 2.57. The highest BCUT2D eigenvalue weighted by Crippen LogP contribution is 2.10.